The van der Waals surface area contributed by atoms with Gasteiger partial charge in [0.1, 0.15) is 0 Å². The second kappa shape index (κ2) is 32.5. The highest BCUT2D eigenvalue weighted by Gasteiger charge is 1.98. The molecule has 0 rings (SSSR count). The summed E-state index contributed by atoms with van der Waals surface area (Å²) < 4.78 is 1.21. The van der Waals surface area contributed by atoms with Crippen molar-refractivity contribution in [3.05, 3.63) is 5.21 Å². The van der Waals surface area contributed by atoms with Crippen molar-refractivity contribution >= 4 is 6.21 Å². The molecular formula is C34H69NO. The second-order valence-electron chi connectivity index (χ2n) is 11.7. The van der Waals surface area contributed by atoms with Crippen LogP contribution in [0.4, 0.5) is 0 Å². The average molecular weight is 508 g/mol. The number of nitrogens with zero attached hydrogens (tertiary/aromatic N) is 1. The Morgan fingerprint density at radius 3 is 0.917 bits per heavy atom. The van der Waals surface area contributed by atoms with E-state index >= 15 is 0 Å². The summed E-state index contributed by atoms with van der Waals surface area (Å²) in [6, 6.07) is 0. The van der Waals surface area contributed by atoms with Gasteiger partial charge < -0.3 is 5.21 Å². The number of hydrogen-bond donors (Lipinski definition) is 0. The molecule has 216 valence electrons. The lowest BCUT2D eigenvalue weighted by Gasteiger charge is -2.05. The Labute approximate surface area is 229 Å². The van der Waals surface area contributed by atoms with Gasteiger partial charge >= 0.3 is 0 Å². The molecule has 2 nitrogen and oxygen atoms in total. The minimum atomic E-state index is 0.705. The van der Waals surface area contributed by atoms with Gasteiger partial charge in [-0.05, 0) is 12.8 Å². The highest BCUT2D eigenvalue weighted by molar-refractivity contribution is 5.50. The van der Waals surface area contributed by atoms with Gasteiger partial charge in [-0.1, -0.05) is 181 Å². The lowest BCUT2D eigenvalue weighted by atomic mass is 10.0. The largest absolute Gasteiger partial charge is 0.624 e. The van der Waals surface area contributed by atoms with Crippen LogP contribution in [-0.4, -0.2) is 17.5 Å². The third-order valence-electron chi connectivity index (χ3n) is 7.87. The molecule has 0 fully saturated rings. The van der Waals surface area contributed by atoms with Crippen molar-refractivity contribution in [2.75, 3.05) is 6.54 Å². The molecule has 0 unspecified atom stereocenters. The second-order valence-corrected chi connectivity index (χ2v) is 11.7. The SMILES string of the molecule is CCCCCCCCCCCCCCCC=[N+]([O-])CCCCCCCCCCCCCCCCCC. The van der Waals surface area contributed by atoms with Crippen LogP contribution in [-0.2, 0) is 0 Å². The summed E-state index contributed by atoms with van der Waals surface area (Å²) >= 11 is 0. The van der Waals surface area contributed by atoms with Crippen LogP contribution in [0.1, 0.15) is 206 Å². The van der Waals surface area contributed by atoms with E-state index in [9.17, 15) is 5.21 Å². The smallest absolute Gasteiger partial charge is 0.153 e. The van der Waals surface area contributed by atoms with E-state index in [0.29, 0.717) is 6.54 Å². The predicted octanol–water partition coefficient (Wildman–Crippen LogP) is 12.3. The van der Waals surface area contributed by atoms with Crippen LogP contribution in [0.5, 0.6) is 0 Å². The Balaban J connectivity index is 3.21. The van der Waals surface area contributed by atoms with Gasteiger partial charge in [0.2, 0.25) is 0 Å². The number of hydroxylamine groups is 1. The van der Waals surface area contributed by atoms with Crippen molar-refractivity contribution in [3.8, 4) is 0 Å². The summed E-state index contributed by atoms with van der Waals surface area (Å²) in [6.07, 6.45) is 43.0. The summed E-state index contributed by atoms with van der Waals surface area (Å²) in [5.74, 6) is 0. The van der Waals surface area contributed by atoms with Crippen molar-refractivity contribution in [1.82, 2.24) is 0 Å². The minimum Gasteiger partial charge on any atom is -0.624 e. The van der Waals surface area contributed by atoms with E-state index in [1.54, 1.807) is 0 Å². The molecule has 0 aromatic carbocycles. The van der Waals surface area contributed by atoms with Crippen molar-refractivity contribution in [2.45, 2.75) is 206 Å². The summed E-state index contributed by atoms with van der Waals surface area (Å²) in [5.41, 5.74) is 0. The van der Waals surface area contributed by atoms with Crippen LogP contribution in [0.2, 0.25) is 0 Å². The van der Waals surface area contributed by atoms with E-state index in [1.807, 2.05) is 6.21 Å². The fourth-order valence-corrected chi connectivity index (χ4v) is 5.30. The van der Waals surface area contributed by atoms with Gasteiger partial charge in [0, 0.05) is 12.8 Å². The Hall–Kier alpha value is -0.530. The number of hydrogen-bond acceptors (Lipinski definition) is 1. The topological polar surface area (TPSA) is 26.1 Å². The monoisotopic (exact) mass is 508 g/mol. The van der Waals surface area contributed by atoms with Crippen molar-refractivity contribution in [3.63, 3.8) is 0 Å². The lowest BCUT2D eigenvalue weighted by Crippen LogP contribution is -2.06. The molecule has 0 atom stereocenters. The maximum atomic E-state index is 12.0. The molecule has 2 heteroatoms. The standard InChI is InChI=1S/C34H69NO/c1-3-5-7-9-11-13-15-17-19-20-22-24-26-28-30-32-34-35(36)33-31-29-27-25-23-21-18-16-14-12-10-8-6-4-2/h33H,3-32,34H2,1-2H3. The first kappa shape index (κ1) is 35.5. The third-order valence-corrected chi connectivity index (χ3v) is 7.87. The van der Waals surface area contributed by atoms with Gasteiger partial charge in [0.15, 0.2) is 12.8 Å². The highest BCUT2D eigenvalue weighted by atomic mass is 16.5. The molecule has 0 heterocycles. The van der Waals surface area contributed by atoms with Crippen LogP contribution < -0.4 is 0 Å². The fraction of sp³-hybridized carbons (Fsp3) is 0.971. The molecule has 36 heavy (non-hydrogen) atoms. The Kier molecular flexibility index (Phi) is 32.0. The molecule has 0 spiro atoms. The molecule has 0 saturated heterocycles. The van der Waals surface area contributed by atoms with Gasteiger partial charge in [0.25, 0.3) is 0 Å². The first-order chi connectivity index (χ1) is 17.8. The fourth-order valence-electron chi connectivity index (χ4n) is 5.30. The van der Waals surface area contributed by atoms with Crippen molar-refractivity contribution in [2.24, 2.45) is 0 Å². The first-order valence-corrected chi connectivity index (χ1v) is 17.1. The summed E-state index contributed by atoms with van der Waals surface area (Å²) in [5, 5.41) is 12.0. The van der Waals surface area contributed by atoms with Crippen LogP contribution >= 0.6 is 0 Å². The first-order valence-electron chi connectivity index (χ1n) is 17.1. The average Bonchev–Trinajstić information content (AvgIpc) is 2.88. The zero-order valence-electron chi connectivity index (χ0n) is 25.4. The van der Waals surface area contributed by atoms with Crippen LogP contribution in [0, 0.1) is 5.21 Å². The van der Waals surface area contributed by atoms with Gasteiger partial charge in [-0.2, -0.15) is 0 Å². The van der Waals surface area contributed by atoms with Crippen molar-refractivity contribution < 1.29 is 4.74 Å². The maximum Gasteiger partial charge on any atom is 0.153 e. The van der Waals surface area contributed by atoms with Crippen LogP contribution in [0.3, 0.4) is 0 Å². The summed E-state index contributed by atoms with van der Waals surface area (Å²) in [7, 11) is 0. The van der Waals surface area contributed by atoms with E-state index < -0.39 is 0 Å². The highest BCUT2D eigenvalue weighted by Crippen LogP contribution is 2.14. The van der Waals surface area contributed by atoms with Gasteiger partial charge in [-0.3, -0.25) is 0 Å². The van der Waals surface area contributed by atoms with Crippen molar-refractivity contribution in [1.29, 1.82) is 0 Å². The zero-order valence-corrected chi connectivity index (χ0v) is 25.4. The summed E-state index contributed by atoms with van der Waals surface area (Å²) in [6.45, 7) is 5.29. The third kappa shape index (κ3) is 31.5. The van der Waals surface area contributed by atoms with E-state index in [4.69, 9.17) is 0 Å². The lowest BCUT2D eigenvalue weighted by molar-refractivity contribution is -0.454. The van der Waals surface area contributed by atoms with E-state index in [0.717, 1.165) is 12.8 Å². The molecule has 0 aliphatic heterocycles. The maximum absolute atomic E-state index is 12.0. The normalized spacial score (nSPS) is 12.0. The molecule has 0 aromatic heterocycles. The molecule has 0 aliphatic carbocycles. The Bertz CT molecular complexity index is 419. The molecule has 0 amide bonds. The van der Waals surface area contributed by atoms with E-state index in [-0.39, 0.29) is 0 Å². The van der Waals surface area contributed by atoms with Gasteiger partial charge in [0.05, 0.1) is 0 Å². The molecule has 0 aliphatic rings. The molecular weight excluding hydrogens is 438 g/mol. The molecule has 0 aromatic rings. The van der Waals surface area contributed by atoms with Crippen LogP contribution in [0.25, 0.3) is 0 Å². The molecule has 0 bridgehead atoms. The Morgan fingerprint density at radius 1 is 0.361 bits per heavy atom. The number of rotatable bonds is 31. The van der Waals surface area contributed by atoms with Gasteiger partial charge in [-0.25, -0.2) is 4.74 Å². The molecule has 0 N–H and O–H groups in total. The molecule has 0 radical (unpaired) electrons. The minimum absolute atomic E-state index is 0.705. The quantitative estimate of drug-likeness (QED) is 0.0301. The predicted molar refractivity (Wildman–Crippen MR) is 164 cm³/mol. The van der Waals surface area contributed by atoms with Crippen LogP contribution in [0.15, 0.2) is 0 Å². The van der Waals surface area contributed by atoms with E-state index in [1.165, 1.54) is 185 Å². The summed E-state index contributed by atoms with van der Waals surface area (Å²) in [4.78, 5) is 0. The molecule has 0 saturated carbocycles. The zero-order chi connectivity index (χ0) is 26.2. The Morgan fingerprint density at radius 2 is 0.611 bits per heavy atom. The van der Waals surface area contributed by atoms with E-state index in [2.05, 4.69) is 13.8 Å². The number of unbranched alkanes of at least 4 members (excludes halogenated alkanes) is 28. The van der Waals surface area contributed by atoms with Gasteiger partial charge in [-0.15, -0.1) is 0 Å².